The van der Waals surface area contributed by atoms with Crippen LogP contribution in [0.3, 0.4) is 0 Å². The lowest BCUT2D eigenvalue weighted by Crippen LogP contribution is -2.53. The highest BCUT2D eigenvalue weighted by molar-refractivity contribution is 7.92. The van der Waals surface area contributed by atoms with Gasteiger partial charge in [-0.15, -0.1) is 0 Å². The highest BCUT2D eigenvalue weighted by Gasteiger charge is 2.32. The summed E-state index contributed by atoms with van der Waals surface area (Å²) in [4.78, 5) is 28.3. The largest absolute Gasteiger partial charge is 0.352 e. The molecule has 2 atom stereocenters. The number of hydrogen-bond donors (Lipinski definition) is 1. The summed E-state index contributed by atoms with van der Waals surface area (Å²) in [5.41, 5.74) is 2.71. The van der Waals surface area contributed by atoms with Crippen molar-refractivity contribution in [1.29, 1.82) is 0 Å². The van der Waals surface area contributed by atoms with Gasteiger partial charge in [0, 0.05) is 22.6 Å². The third kappa shape index (κ3) is 7.85. The number of aryl methyl sites for hydroxylation is 2. The van der Waals surface area contributed by atoms with E-state index in [-0.39, 0.29) is 18.5 Å². The fraction of sp³-hybridized carbons (Fsp3) is 0.462. The van der Waals surface area contributed by atoms with Gasteiger partial charge in [-0.3, -0.25) is 13.9 Å². The van der Waals surface area contributed by atoms with Gasteiger partial charge in [-0.25, -0.2) is 8.42 Å². The molecule has 0 spiro atoms. The predicted octanol–water partition coefficient (Wildman–Crippen LogP) is 5.10. The molecule has 198 valence electrons. The first kappa shape index (κ1) is 29.9. The van der Waals surface area contributed by atoms with Gasteiger partial charge >= 0.3 is 0 Å². The minimum atomic E-state index is -3.80. The first-order valence-corrected chi connectivity index (χ1v) is 14.5. The van der Waals surface area contributed by atoms with Crippen LogP contribution in [0.1, 0.15) is 50.3 Å². The molecule has 2 amide bonds. The minimum Gasteiger partial charge on any atom is -0.352 e. The monoisotopic (exact) mass is 555 g/mol. The van der Waals surface area contributed by atoms with E-state index >= 15 is 0 Å². The molecule has 0 fully saturated rings. The van der Waals surface area contributed by atoms with E-state index in [1.165, 1.54) is 4.90 Å². The fourth-order valence-electron chi connectivity index (χ4n) is 3.87. The van der Waals surface area contributed by atoms with Crippen molar-refractivity contribution >= 4 is 50.7 Å². The number of nitrogens with zero attached hydrogens (tertiary/aromatic N) is 2. The number of halogens is 2. The smallest absolute Gasteiger partial charge is 0.244 e. The van der Waals surface area contributed by atoms with Gasteiger partial charge in [0.15, 0.2) is 0 Å². The molecule has 0 saturated heterocycles. The Morgan fingerprint density at radius 3 is 2.22 bits per heavy atom. The van der Waals surface area contributed by atoms with E-state index in [1.54, 1.807) is 37.3 Å². The summed E-state index contributed by atoms with van der Waals surface area (Å²) in [5, 5.41) is 3.74. The van der Waals surface area contributed by atoms with Crippen molar-refractivity contribution in [2.45, 2.75) is 66.1 Å². The molecule has 2 aromatic rings. The molecule has 0 heterocycles. The Labute approximate surface area is 224 Å². The van der Waals surface area contributed by atoms with Crippen LogP contribution >= 0.6 is 23.2 Å². The Morgan fingerprint density at radius 1 is 1.03 bits per heavy atom. The van der Waals surface area contributed by atoms with Crippen LogP contribution in [0.25, 0.3) is 0 Å². The Hall–Kier alpha value is -2.29. The number of carbonyl (C=O) groups is 2. The van der Waals surface area contributed by atoms with Crippen LogP contribution in [0.2, 0.25) is 10.0 Å². The molecule has 10 heteroatoms. The third-order valence-corrected chi connectivity index (χ3v) is 7.76. The van der Waals surface area contributed by atoms with Crippen LogP contribution in [0.5, 0.6) is 0 Å². The first-order valence-electron chi connectivity index (χ1n) is 11.9. The number of amides is 2. The molecule has 7 nitrogen and oxygen atoms in total. The molecule has 0 saturated carbocycles. The predicted molar refractivity (Wildman–Crippen MR) is 147 cm³/mol. The molecule has 0 aliphatic rings. The van der Waals surface area contributed by atoms with Crippen molar-refractivity contribution in [1.82, 2.24) is 10.2 Å². The van der Waals surface area contributed by atoms with Crippen molar-refractivity contribution in [2.75, 3.05) is 17.1 Å². The van der Waals surface area contributed by atoms with E-state index in [4.69, 9.17) is 23.2 Å². The summed E-state index contributed by atoms with van der Waals surface area (Å²) >= 11 is 12.4. The number of benzene rings is 2. The lowest BCUT2D eigenvalue weighted by atomic mass is 10.1. The molecule has 0 aliphatic carbocycles. The zero-order valence-electron chi connectivity index (χ0n) is 21.6. The van der Waals surface area contributed by atoms with Crippen molar-refractivity contribution in [3.8, 4) is 0 Å². The summed E-state index contributed by atoms with van der Waals surface area (Å²) in [6.07, 6.45) is 2.13. The second-order valence-corrected chi connectivity index (χ2v) is 11.8. The lowest BCUT2D eigenvalue weighted by molar-refractivity contribution is -0.140. The van der Waals surface area contributed by atoms with Crippen LogP contribution in [0.4, 0.5) is 5.69 Å². The number of anilines is 1. The summed E-state index contributed by atoms with van der Waals surface area (Å²) in [6, 6.07) is 9.37. The number of rotatable bonds is 11. The Morgan fingerprint density at radius 2 is 1.69 bits per heavy atom. The average molecular weight is 557 g/mol. The normalized spacial score (nSPS) is 13.1. The highest BCUT2D eigenvalue weighted by atomic mass is 35.5. The van der Waals surface area contributed by atoms with Crippen molar-refractivity contribution in [3.63, 3.8) is 0 Å². The quantitative estimate of drug-likeness (QED) is 0.418. The van der Waals surface area contributed by atoms with Gasteiger partial charge in [0.05, 0.1) is 11.9 Å². The standard InChI is InChI=1S/C26H35Cl2N3O4S/c1-7-19(5)29-26(33)23(8-2)30(15-20-10-11-21(27)14-22(20)28)25(32)16-31(36(6,34)35)24-12-9-17(3)13-18(24)4/h9-14,19,23H,7-8,15-16H2,1-6H3,(H,29,33)/t19-,23+/m1/s1. The maximum absolute atomic E-state index is 13.8. The van der Waals surface area contributed by atoms with E-state index in [0.717, 1.165) is 28.1 Å². The summed E-state index contributed by atoms with van der Waals surface area (Å²) in [6.45, 7) is 8.92. The Bertz CT molecular complexity index is 1200. The van der Waals surface area contributed by atoms with Crippen molar-refractivity contribution < 1.29 is 18.0 Å². The zero-order chi connectivity index (χ0) is 27.2. The molecule has 1 N–H and O–H groups in total. The average Bonchev–Trinajstić information content (AvgIpc) is 2.78. The summed E-state index contributed by atoms with van der Waals surface area (Å²) in [5.74, 6) is -0.819. The van der Waals surface area contributed by atoms with Crippen molar-refractivity contribution in [3.05, 3.63) is 63.1 Å². The van der Waals surface area contributed by atoms with Crippen LogP contribution < -0.4 is 9.62 Å². The van der Waals surface area contributed by atoms with Gasteiger partial charge in [0.1, 0.15) is 12.6 Å². The van der Waals surface area contributed by atoms with Crippen LogP contribution in [0, 0.1) is 13.8 Å². The summed E-state index contributed by atoms with van der Waals surface area (Å²) < 4.78 is 26.6. The van der Waals surface area contributed by atoms with Crippen molar-refractivity contribution in [2.24, 2.45) is 0 Å². The second kappa shape index (κ2) is 12.8. The molecule has 36 heavy (non-hydrogen) atoms. The molecule has 2 aromatic carbocycles. The molecule has 0 aromatic heterocycles. The first-order chi connectivity index (χ1) is 16.8. The molecule has 2 rings (SSSR count). The van der Waals surface area contributed by atoms with Gasteiger partial charge < -0.3 is 10.2 Å². The van der Waals surface area contributed by atoms with Gasteiger partial charge in [-0.1, -0.05) is 60.8 Å². The van der Waals surface area contributed by atoms with Crippen LogP contribution in [0.15, 0.2) is 36.4 Å². The minimum absolute atomic E-state index is 0.0196. The molecule has 0 unspecified atom stereocenters. The third-order valence-electron chi connectivity index (χ3n) is 6.04. The van der Waals surface area contributed by atoms with Gasteiger partial charge in [-0.2, -0.15) is 0 Å². The fourth-order valence-corrected chi connectivity index (χ4v) is 5.25. The second-order valence-electron chi connectivity index (χ2n) is 9.06. The van der Waals surface area contributed by atoms with Crippen LogP contribution in [-0.4, -0.2) is 50.0 Å². The van der Waals surface area contributed by atoms with E-state index in [9.17, 15) is 18.0 Å². The number of sulfonamides is 1. The maximum Gasteiger partial charge on any atom is 0.244 e. The number of nitrogens with one attached hydrogen (secondary N) is 1. The number of hydrogen-bond acceptors (Lipinski definition) is 4. The van der Waals surface area contributed by atoms with Crippen LogP contribution in [-0.2, 0) is 26.2 Å². The van der Waals surface area contributed by atoms with Gasteiger partial charge in [0.2, 0.25) is 21.8 Å². The van der Waals surface area contributed by atoms with E-state index in [0.29, 0.717) is 27.7 Å². The summed E-state index contributed by atoms with van der Waals surface area (Å²) in [7, 11) is -3.80. The highest BCUT2D eigenvalue weighted by Crippen LogP contribution is 2.26. The molecule has 0 bridgehead atoms. The zero-order valence-corrected chi connectivity index (χ0v) is 24.0. The Balaban J connectivity index is 2.51. The maximum atomic E-state index is 13.8. The Kier molecular flexibility index (Phi) is 10.6. The number of carbonyl (C=O) groups excluding carboxylic acids is 2. The molecule has 0 radical (unpaired) electrons. The lowest BCUT2D eigenvalue weighted by Gasteiger charge is -2.34. The van der Waals surface area contributed by atoms with E-state index in [1.807, 2.05) is 33.8 Å². The topological polar surface area (TPSA) is 86.8 Å². The SMILES string of the molecule is CC[C@@H](C)NC(=O)[C@H](CC)N(Cc1ccc(Cl)cc1Cl)C(=O)CN(c1ccc(C)cc1C)S(C)(=O)=O. The molecular weight excluding hydrogens is 521 g/mol. The molecular formula is C26H35Cl2N3O4S. The van der Waals surface area contributed by atoms with Gasteiger partial charge in [-0.05, 0) is 62.9 Å². The van der Waals surface area contributed by atoms with E-state index in [2.05, 4.69) is 5.32 Å². The molecule has 0 aliphatic heterocycles. The van der Waals surface area contributed by atoms with E-state index < -0.39 is 28.5 Å². The van der Waals surface area contributed by atoms with Gasteiger partial charge in [0.25, 0.3) is 0 Å².